The average molecular weight is 250 g/mol. The van der Waals surface area contributed by atoms with E-state index in [1.807, 2.05) is 5.32 Å². The third-order valence-corrected chi connectivity index (χ3v) is 2.04. The van der Waals surface area contributed by atoms with Gasteiger partial charge in [-0.2, -0.15) is 0 Å². The van der Waals surface area contributed by atoms with E-state index in [9.17, 15) is 4.79 Å². The van der Waals surface area contributed by atoms with Crippen LogP contribution in [0, 0.1) is 0 Å². The van der Waals surface area contributed by atoms with E-state index in [0.717, 1.165) is 6.92 Å². The van der Waals surface area contributed by atoms with E-state index in [2.05, 4.69) is 0 Å². The number of benzene rings is 1. The number of ketones is 1. The van der Waals surface area contributed by atoms with E-state index in [-0.39, 0.29) is 10.6 Å². The van der Waals surface area contributed by atoms with Gasteiger partial charge in [0.1, 0.15) is 0 Å². The van der Waals surface area contributed by atoms with Gasteiger partial charge in [-0.15, -0.1) is 0 Å². The van der Waals surface area contributed by atoms with E-state index in [1.54, 1.807) is 0 Å². The molecule has 1 aromatic carbocycles. The molecule has 88 valence electrons. The number of hydrogen-bond acceptors (Lipinski definition) is 2. The normalized spacial score (nSPS) is 27.1. The van der Waals surface area contributed by atoms with Crippen LogP contribution in [-0.2, 0) is 0 Å². The van der Waals surface area contributed by atoms with E-state index in [4.69, 9.17) is 25.3 Å². The van der Waals surface area contributed by atoms with E-state index in [1.165, 1.54) is 24.3 Å². The van der Waals surface area contributed by atoms with Crippen LogP contribution in [0.25, 0.3) is 0 Å². The highest BCUT2D eigenvalue weighted by Gasteiger charge is 2.20. The van der Waals surface area contributed by atoms with E-state index >= 15 is 0 Å². The van der Waals surface area contributed by atoms with Crippen molar-refractivity contribution in [2.24, 2.45) is 0 Å². The maximum Gasteiger partial charge on any atom is 0.179 e. The molecule has 0 aromatic heterocycles. The van der Waals surface area contributed by atoms with Gasteiger partial charge in [0.05, 0.1) is 7.39 Å². The number of carbonyl (C=O) groups excluding carboxylic acids is 1. The van der Waals surface area contributed by atoms with Crippen LogP contribution in [0.5, 0.6) is 0 Å². The predicted molar refractivity (Wildman–Crippen MR) is 68.1 cm³/mol. The van der Waals surface area contributed by atoms with Crippen LogP contribution in [0.2, 0.25) is 5.02 Å². The summed E-state index contributed by atoms with van der Waals surface area (Å²) < 4.78 is 76.1. The van der Waals surface area contributed by atoms with Crippen molar-refractivity contribution < 1.29 is 18.5 Å². The maximum absolute atomic E-state index is 12.6. The van der Waals surface area contributed by atoms with Crippen molar-refractivity contribution in [2.75, 3.05) is 0 Å². The van der Waals surface area contributed by atoms with Gasteiger partial charge in [-0.05, 0) is 39.6 Å². The van der Waals surface area contributed by atoms with Crippen molar-refractivity contribution in [1.29, 1.82) is 0 Å². The molecule has 0 heterocycles. The molecule has 0 radical (unpaired) electrons. The van der Waals surface area contributed by atoms with Gasteiger partial charge in [-0.3, -0.25) is 4.79 Å². The second-order valence-electron chi connectivity index (χ2n) is 3.34. The summed E-state index contributed by atoms with van der Waals surface area (Å²) in [5, 5.41) is 2.00. The summed E-state index contributed by atoms with van der Waals surface area (Å²) in [6.07, 6.45) is 0. The summed E-state index contributed by atoms with van der Waals surface area (Å²) in [6, 6.07) is 2.81. The van der Waals surface area contributed by atoms with Crippen LogP contribution in [0.1, 0.15) is 51.5 Å². The Balaban J connectivity index is 3.53. The first-order valence-electron chi connectivity index (χ1n) is 9.46. The van der Waals surface area contributed by atoms with Crippen LogP contribution >= 0.6 is 11.6 Å². The fraction of sp³-hybridized carbons (Fsp3) is 0.462. The zero-order chi connectivity index (χ0) is 20.8. The van der Waals surface area contributed by atoms with Crippen LogP contribution in [0.4, 0.5) is 0 Å². The first-order valence-corrected chi connectivity index (χ1v) is 4.84. The standard InChI is InChI=1S/C13H18ClNO/c1-9(15-13(2,3)4)12(16)10-6-5-7-11(14)8-10/h5-9,15H,1-4H3/t9-/m0/s1/i2D3,3D3,4D3,9D. The quantitative estimate of drug-likeness (QED) is 0.833. The Hall–Kier alpha value is -0.860. The van der Waals surface area contributed by atoms with Crippen molar-refractivity contribution in [1.82, 2.24) is 5.32 Å². The van der Waals surface area contributed by atoms with Crippen LogP contribution in [0.3, 0.4) is 0 Å². The molecule has 0 unspecified atom stereocenters. The van der Waals surface area contributed by atoms with Gasteiger partial charge in [-0.1, -0.05) is 23.7 Å². The maximum atomic E-state index is 12.6. The molecule has 0 aliphatic rings. The lowest BCUT2D eigenvalue weighted by Gasteiger charge is -2.25. The number of rotatable bonds is 3. The molecular weight excluding hydrogens is 222 g/mol. The number of nitrogens with one attached hydrogen (secondary N) is 1. The number of halogens is 1. The van der Waals surface area contributed by atoms with Gasteiger partial charge < -0.3 is 5.32 Å². The zero-order valence-corrected chi connectivity index (χ0v) is 9.35. The highest BCUT2D eigenvalue weighted by Crippen LogP contribution is 2.13. The monoisotopic (exact) mass is 249 g/mol. The molecule has 0 saturated carbocycles. The summed E-state index contributed by atoms with van der Waals surface area (Å²) in [5.41, 5.74) is -3.59. The molecule has 3 heteroatoms. The van der Waals surface area contributed by atoms with Crippen LogP contribution in [-0.4, -0.2) is 17.3 Å². The van der Waals surface area contributed by atoms with E-state index in [0.29, 0.717) is 0 Å². The van der Waals surface area contributed by atoms with Gasteiger partial charge in [0, 0.05) is 28.5 Å². The fourth-order valence-electron chi connectivity index (χ4n) is 1.18. The van der Waals surface area contributed by atoms with Gasteiger partial charge in [-0.25, -0.2) is 0 Å². The molecule has 1 atom stereocenters. The zero-order valence-electron chi connectivity index (χ0n) is 18.6. The minimum atomic E-state index is -3.57. The molecule has 2 nitrogen and oxygen atoms in total. The Morgan fingerprint density at radius 3 is 2.81 bits per heavy atom. The summed E-state index contributed by atoms with van der Waals surface area (Å²) in [4.78, 5) is 12.6. The SMILES string of the molecule is [2H]C([2H])([2H])C(N[C@@]([2H])(C)C(=O)c1cccc(Cl)c1)(C([2H])([2H])[2H])C([2H])([2H])[2H]. The molecule has 1 aromatic rings. The molecule has 1 N–H and O–H groups in total. The molecule has 0 aliphatic carbocycles. The van der Waals surface area contributed by atoms with Crippen LogP contribution < -0.4 is 5.32 Å². The Morgan fingerprint density at radius 1 is 1.56 bits per heavy atom. The van der Waals surface area contributed by atoms with Gasteiger partial charge in [0.15, 0.2) is 5.78 Å². The van der Waals surface area contributed by atoms with Gasteiger partial charge >= 0.3 is 0 Å². The molecule has 0 saturated heterocycles. The second-order valence-corrected chi connectivity index (χ2v) is 3.78. The molecule has 0 amide bonds. The number of hydrogen-bond donors (Lipinski definition) is 1. The summed E-state index contributed by atoms with van der Waals surface area (Å²) in [5.74, 6) is -1.03. The minimum absolute atomic E-state index is 0.0991. The van der Waals surface area contributed by atoms with Crippen molar-refractivity contribution >= 4 is 17.4 Å². The summed E-state index contributed by atoms with van der Waals surface area (Å²) in [6.45, 7) is -9.81. The third kappa shape index (κ3) is 3.95. The average Bonchev–Trinajstić information content (AvgIpc) is 2.40. The molecule has 16 heavy (non-hydrogen) atoms. The highest BCUT2D eigenvalue weighted by atomic mass is 35.5. The van der Waals surface area contributed by atoms with Crippen molar-refractivity contribution in [3.8, 4) is 0 Å². The largest absolute Gasteiger partial charge is 0.303 e. The van der Waals surface area contributed by atoms with Crippen LogP contribution in [0.15, 0.2) is 24.3 Å². The van der Waals surface area contributed by atoms with Crippen molar-refractivity contribution in [3.05, 3.63) is 34.9 Å². The summed E-state index contributed by atoms with van der Waals surface area (Å²) >= 11 is 5.79. The first-order chi connectivity index (χ1) is 11.4. The minimum Gasteiger partial charge on any atom is -0.303 e. The lowest BCUT2D eigenvalue weighted by atomic mass is 10.0. The van der Waals surface area contributed by atoms with Crippen molar-refractivity contribution in [2.45, 2.75) is 39.0 Å². The molecule has 1 rings (SSSR count). The van der Waals surface area contributed by atoms with E-state index < -0.39 is 37.9 Å². The third-order valence-electron chi connectivity index (χ3n) is 1.80. The molecule has 0 aliphatic heterocycles. The Bertz CT molecular complexity index is 641. The predicted octanol–water partition coefficient (Wildman–Crippen LogP) is 3.30. The summed E-state index contributed by atoms with van der Waals surface area (Å²) in [7, 11) is 0. The molecular formula is C13H18ClNO. The Labute approximate surface area is 116 Å². The smallest absolute Gasteiger partial charge is 0.179 e. The van der Waals surface area contributed by atoms with Gasteiger partial charge in [0.25, 0.3) is 0 Å². The Kier molecular flexibility index (Phi) is 1.49. The lowest BCUT2D eigenvalue weighted by molar-refractivity contribution is 0.0936. The van der Waals surface area contributed by atoms with Gasteiger partial charge in [0.2, 0.25) is 0 Å². The second kappa shape index (κ2) is 4.98. The molecule has 0 fully saturated rings. The van der Waals surface area contributed by atoms with Crippen molar-refractivity contribution in [3.63, 3.8) is 0 Å². The fourth-order valence-corrected chi connectivity index (χ4v) is 1.37. The number of carbonyl (C=O) groups is 1. The lowest BCUT2D eigenvalue weighted by Crippen LogP contribution is -2.46. The highest BCUT2D eigenvalue weighted by molar-refractivity contribution is 6.31. The Morgan fingerprint density at radius 2 is 2.25 bits per heavy atom. The molecule has 0 bridgehead atoms. The molecule has 0 spiro atoms. The topological polar surface area (TPSA) is 29.1 Å². The number of Topliss-reactive ketones (excluding diaryl/α,β-unsaturated/α-hetero) is 1. The first kappa shape index (κ1) is 4.79.